The number of rotatable bonds is 5. The van der Waals surface area contributed by atoms with Crippen LogP contribution in [0.25, 0.3) is 11.1 Å². The number of methoxy groups -OCH3 is 1. The number of H-pyrrole nitrogens is 1. The Morgan fingerprint density at radius 2 is 1.81 bits per heavy atom. The Bertz CT molecular complexity index is 1130. The zero-order valence-corrected chi connectivity index (χ0v) is 18.1. The zero-order valence-electron chi connectivity index (χ0n) is 18.1. The Hall–Kier alpha value is -3.52. The maximum absolute atomic E-state index is 9.84. The molecule has 0 bridgehead atoms. The molecule has 158 valence electrons. The molecule has 0 atom stereocenters. The number of aromatic nitrogens is 1. The number of benzene rings is 2. The molecule has 0 aliphatic heterocycles. The molecule has 1 aliphatic carbocycles. The summed E-state index contributed by atoms with van der Waals surface area (Å²) in [6.45, 7) is 2.53. The average molecular weight is 415 g/mol. The van der Waals surface area contributed by atoms with Crippen LogP contribution in [0.4, 0.5) is 5.82 Å². The number of hydrogen-bond acceptors (Lipinski definition) is 4. The van der Waals surface area contributed by atoms with Gasteiger partial charge in [-0.1, -0.05) is 42.3 Å². The van der Waals surface area contributed by atoms with Gasteiger partial charge in [0, 0.05) is 17.5 Å². The van der Waals surface area contributed by atoms with Gasteiger partial charge in [0.15, 0.2) is 11.5 Å². The average Bonchev–Trinajstić information content (AvgIpc) is 3.03. The summed E-state index contributed by atoms with van der Waals surface area (Å²) >= 11 is 0. The highest BCUT2D eigenvalue weighted by atomic mass is 16.5. The number of nitrogen functional groups attached to an aromatic ring is 1. The molecule has 0 amide bonds. The fourth-order valence-corrected chi connectivity index (χ4v) is 4.23. The number of pyridine rings is 1. The Morgan fingerprint density at radius 1 is 1.03 bits per heavy atom. The van der Waals surface area contributed by atoms with E-state index in [9.17, 15) is 5.26 Å². The first-order valence-electron chi connectivity index (χ1n) is 10.7. The second-order valence-electron chi connectivity index (χ2n) is 8.06. The second-order valence-corrected chi connectivity index (χ2v) is 8.06. The number of nitrogens with zero attached hydrogens (tertiary/aromatic N) is 1. The molecule has 1 aliphatic rings. The minimum absolute atomic E-state index is 0.428. The molecule has 4 rings (SSSR count). The van der Waals surface area contributed by atoms with Gasteiger partial charge in [-0.05, 0) is 49.4 Å². The summed E-state index contributed by atoms with van der Waals surface area (Å²) in [6, 6.07) is 16.4. The molecule has 31 heavy (non-hydrogen) atoms. The Balaban J connectivity index is 1.71. The molecule has 0 spiro atoms. The largest absolute Gasteiger partial charge is 0.493 e. The van der Waals surface area contributed by atoms with E-state index in [-0.39, 0.29) is 0 Å². The minimum atomic E-state index is 0.428. The predicted molar refractivity (Wildman–Crippen MR) is 121 cm³/mol. The molecule has 1 heterocycles. The third-order valence-corrected chi connectivity index (χ3v) is 5.90. The topological polar surface area (TPSA) is 82.4 Å². The monoisotopic (exact) mass is 414 g/mol. The number of nitrogens with two attached hydrogens (primary N) is 1. The lowest BCUT2D eigenvalue weighted by molar-refractivity contribution is -0.373. The summed E-state index contributed by atoms with van der Waals surface area (Å²) in [7, 11) is 1.64. The van der Waals surface area contributed by atoms with Crippen LogP contribution in [0.3, 0.4) is 0 Å². The highest BCUT2D eigenvalue weighted by molar-refractivity contribution is 5.79. The van der Waals surface area contributed by atoms with Crippen LogP contribution < -0.4 is 20.2 Å². The van der Waals surface area contributed by atoms with Crippen molar-refractivity contribution >= 4 is 5.82 Å². The summed E-state index contributed by atoms with van der Waals surface area (Å²) in [6.07, 6.45) is 5.30. The fourth-order valence-electron chi connectivity index (χ4n) is 4.23. The molecule has 5 nitrogen and oxygen atoms in total. The molecular weight excluding hydrogens is 386 g/mol. The standard InChI is InChI=1S/C26H27N3O2/c1-17-8-10-18(11-9-17)16-31-23-13-12-19(14-24(23)30-2)25-20-6-4-3-5-7-22(20)29-26(28)21(25)15-27/h8-14H,3-7,16H2,1-2H3,(H2,28,29)/p+1. The van der Waals surface area contributed by atoms with E-state index in [1.54, 1.807) is 7.11 Å². The first-order valence-corrected chi connectivity index (χ1v) is 10.7. The first kappa shape index (κ1) is 20.7. The third-order valence-electron chi connectivity index (χ3n) is 5.90. The smallest absolute Gasteiger partial charge is 0.289 e. The molecule has 3 N–H and O–H groups in total. The number of nitriles is 1. The molecule has 0 unspecified atom stereocenters. The SMILES string of the molecule is COc1cc(-c2c(C#N)c(N)[nH+]c3c2CCCCC3)ccc1OCc1ccc(C)cc1. The Morgan fingerprint density at radius 3 is 2.55 bits per heavy atom. The van der Waals surface area contributed by atoms with Gasteiger partial charge < -0.3 is 9.47 Å². The van der Waals surface area contributed by atoms with E-state index >= 15 is 0 Å². The summed E-state index contributed by atoms with van der Waals surface area (Å²) < 4.78 is 11.7. The van der Waals surface area contributed by atoms with Gasteiger partial charge in [-0.2, -0.15) is 5.26 Å². The van der Waals surface area contributed by atoms with Gasteiger partial charge >= 0.3 is 0 Å². The molecule has 3 aromatic rings. The number of aryl methyl sites for hydroxylation is 2. The van der Waals surface area contributed by atoms with E-state index in [1.807, 2.05) is 18.2 Å². The number of ether oxygens (including phenoxy) is 2. The number of hydrogen-bond donors (Lipinski definition) is 1. The lowest BCUT2D eigenvalue weighted by atomic mass is 9.91. The van der Waals surface area contributed by atoms with Crippen molar-refractivity contribution in [2.75, 3.05) is 12.8 Å². The number of fused-ring (bicyclic) bond motifs is 1. The molecule has 5 heteroatoms. The third kappa shape index (κ3) is 4.34. The van der Waals surface area contributed by atoms with Crippen LogP contribution in [0.2, 0.25) is 0 Å². The van der Waals surface area contributed by atoms with Gasteiger partial charge in [-0.15, -0.1) is 0 Å². The van der Waals surface area contributed by atoms with Crippen LogP contribution in [0, 0.1) is 18.3 Å². The van der Waals surface area contributed by atoms with E-state index in [1.165, 1.54) is 17.5 Å². The van der Waals surface area contributed by atoms with Crippen molar-refractivity contribution < 1.29 is 14.5 Å². The van der Waals surface area contributed by atoms with Crippen LogP contribution >= 0.6 is 0 Å². The van der Waals surface area contributed by atoms with Crippen molar-refractivity contribution in [1.29, 1.82) is 5.26 Å². The number of aromatic amines is 1. The normalized spacial score (nSPS) is 13.1. The highest BCUT2D eigenvalue weighted by Crippen LogP contribution is 2.38. The summed E-state index contributed by atoms with van der Waals surface area (Å²) in [5.74, 6) is 1.74. The van der Waals surface area contributed by atoms with Crippen molar-refractivity contribution in [2.45, 2.75) is 45.6 Å². The molecule has 0 saturated carbocycles. The summed E-state index contributed by atoms with van der Waals surface area (Å²) in [4.78, 5) is 3.28. The zero-order chi connectivity index (χ0) is 21.8. The first-order chi connectivity index (χ1) is 15.1. The van der Waals surface area contributed by atoms with E-state index in [0.717, 1.165) is 48.1 Å². The second kappa shape index (κ2) is 9.09. The molecular formula is C26H28N3O2+. The van der Waals surface area contributed by atoms with Gasteiger partial charge in [0.1, 0.15) is 23.9 Å². The maximum atomic E-state index is 9.84. The van der Waals surface area contributed by atoms with Crippen molar-refractivity contribution in [3.05, 3.63) is 70.4 Å². The van der Waals surface area contributed by atoms with E-state index in [0.29, 0.717) is 29.5 Å². The van der Waals surface area contributed by atoms with Gasteiger partial charge in [-0.25, -0.2) is 4.98 Å². The van der Waals surface area contributed by atoms with E-state index in [2.05, 4.69) is 42.2 Å². The van der Waals surface area contributed by atoms with Gasteiger partial charge in [0.05, 0.1) is 7.11 Å². The van der Waals surface area contributed by atoms with Crippen molar-refractivity contribution in [2.24, 2.45) is 0 Å². The summed E-state index contributed by atoms with van der Waals surface area (Å²) in [5, 5.41) is 9.84. The van der Waals surface area contributed by atoms with Crippen LogP contribution in [0.5, 0.6) is 11.5 Å². The lowest BCUT2D eigenvalue weighted by Crippen LogP contribution is -2.21. The Labute approximate surface area is 183 Å². The molecule has 0 saturated heterocycles. The quantitative estimate of drug-likeness (QED) is 0.609. The van der Waals surface area contributed by atoms with Crippen molar-refractivity contribution in [1.82, 2.24) is 0 Å². The Kier molecular flexibility index (Phi) is 6.08. The number of nitrogens with one attached hydrogen (secondary N) is 1. The molecule has 0 fully saturated rings. The van der Waals surface area contributed by atoms with Gasteiger partial charge in [0.25, 0.3) is 5.82 Å². The van der Waals surface area contributed by atoms with Crippen LogP contribution in [0.1, 0.15) is 47.2 Å². The molecule has 1 aromatic heterocycles. The summed E-state index contributed by atoms with van der Waals surface area (Å²) in [5.41, 5.74) is 13.2. The van der Waals surface area contributed by atoms with Crippen molar-refractivity contribution in [3.8, 4) is 28.7 Å². The van der Waals surface area contributed by atoms with Crippen molar-refractivity contribution in [3.63, 3.8) is 0 Å². The van der Waals surface area contributed by atoms with Gasteiger partial charge in [-0.3, -0.25) is 5.73 Å². The van der Waals surface area contributed by atoms with E-state index < -0.39 is 0 Å². The van der Waals surface area contributed by atoms with Crippen LogP contribution in [0.15, 0.2) is 42.5 Å². The van der Waals surface area contributed by atoms with Crippen LogP contribution in [-0.4, -0.2) is 7.11 Å². The predicted octanol–water partition coefficient (Wildman–Crippen LogP) is 4.79. The molecule has 0 radical (unpaired) electrons. The minimum Gasteiger partial charge on any atom is -0.493 e. The maximum Gasteiger partial charge on any atom is 0.289 e. The van der Waals surface area contributed by atoms with E-state index in [4.69, 9.17) is 15.2 Å². The molecule has 2 aromatic carbocycles. The lowest BCUT2D eigenvalue weighted by Gasteiger charge is -2.16. The number of anilines is 1. The van der Waals surface area contributed by atoms with Crippen LogP contribution in [-0.2, 0) is 19.4 Å². The highest BCUT2D eigenvalue weighted by Gasteiger charge is 2.25. The van der Waals surface area contributed by atoms with Gasteiger partial charge in [0.2, 0.25) is 0 Å². The fraction of sp³-hybridized carbons (Fsp3) is 0.308.